The minimum atomic E-state index is -1.04. The molecular weight excluding hydrogens is 488 g/mol. The average Bonchev–Trinajstić information content (AvgIpc) is 3.46. The number of carbonyl (C=O) groups excluding carboxylic acids is 1. The number of likely N-dealkylation sites (tertiary alicyclic amines) is 1. The molecule has 0 unspecified atom stereocenters. The van der Waals surface area contributed by atoms with Gasteiger partial charge in [0.15, 0.2) is 0 Å². The first-order chi connectivity index (χ1) is 19.0. The number of amides is 2. The summed E-state index contributed by atoms with van der Waals surface area (Å²) in [7, 11) is 0. The van der Waals surface area contributed by atoms with Crippen molar-refractivity contribution >= 4 is 6.03 Å². The van der Waals surface area contributed by atoms with Gasteiger partial charge in [-0.25, -0.2) is 4.79 Å². The number of hydrogen-bond acceptors (Lipinski definition) is 4. The molecule has 2 N–H and O–H groups in total. The molecule has 3 aromatic rings. The Morgan fingerprint density at radius 1 is 0.923 bits per heavy atom. The predicted molar refractivity (Wildman–Crippen MR) is 152 cm³/mol. The van der Waals surface area contributed by atoms with Gasteiger partial charge in [0.1, 0.15) is 0 Å². The van der Waals surface area contributed by atoms with Crippen LogP contribution in [0.1, 0.15) is 43.7 Å². The van der Waals surface area contributed by atoms with Crippen LogP contribution in [0.3, 0.4) is 0 Å². The van der Waals surface area contributed by atoms with Crippen LogP contribution in [0.2, 0.25) is 0 Å². The zero-order valence-corrected chi connectivity index (χ0v) is 22.5. The van der Waals surface area contributed by atoms with E-state index in [0.29, 0.717) is 26.1 Å². The van der Waals surface area contributed by atoms with Gasteiger partial charge in [-0.05, 0) is 42.0 Å². The first-order valence-corrected chi connectivity index (χ1v) is 14.3. The Kier molecular flexibility index (Phi) is 7.04. The molecular formula is C32H38N4O3. The van der Waals surface area contributed by atoms with Gasteiger partial charge >= 0.3 is 6.03 Å². The number of benzene rings is 2. The van der Waals surface area contributed by atoms with Gasteiger partial charge in [-0.15, -0.1) is 0 Å². The molecule has 1 aliphatic carbocycles. The zero-order valence-electron chi connectivity index (χ0n) is 22.5. The van der Waals surface area contributed by atoms with Crippen LogP contribution in [0.4, 0.5) is 4.79 Å². The van der Waals surface area contributed by atoms with Gasteiger partial charge in [0.2, 0.25) is 0 Å². The standard InChI is InChI=1S/C32H38N4O3/c37-29-21-27(25-9-3-1-4-10-25)13-18-34(29)24-32(39)16-19-35(23-31(32)14-7-8-15-31)30(38)36-20-17-33-22-28(36)26-11-5-2-6-12-26/h1-6,9-13,18,21,28,33,39H,7-8,14-17,19-20,22-24H2/t28-,32+/m0/s1. The number of aromatic nitrogens is 1. The molecule has 1 spiro atoms. The van der Waals surface area contributed by atoms with E-state index < -0.39 is 11.0 Å². The van der Waals surface area contributed by atoms with Gasteiger partial charge in [-0.3, -0.25) is 4.79 Å². The lowest BCUT2D eigenvalue weighted by Crippen LogP contribution is -2.64. The maximum atomic E-state index is 14.0. The number of urea groups is 1. The molecule has 0 bridgehead atoms. The fourth-order valence-corrected chi connectivity index (χ4v) is 7.08. The smallest absolute Gasteiger partial charge is 0.320 e. The highest BCUT2D eigenvalue weighted by atomic mass is 16.3. The number of nitrogens with one attached hydrogen (secondary N) is 1. The molecule has 1 saturated carbocycles. The highest BCUT2D eigenvalue weighted by Gasteiger charge is 2.56. The van der Waals surface area contributed by atoms with Crippen LogP contribution in [-0.4, -0.2) is 63.8 Å². The van der Waals surface area contributed by atoms with Gasteiger partial charge in [-0.2, -0.15) is 0 Å². The van der Waals surface area contributed by atoms with Crippen molar-refractivity contribution < 1.29 is 9.90 Å². The molecule has 1 aromatic heterocycles. The van der Waals surface area contributed by atoms with Crippen molar-refractivity contribution in [2.24, 2.45) is 5.41 Å². The van der Waals surface area contributed by atoms with Crippen LogP contribution in [0.15, 0.2) is 83.8 Å². The molecule has 39 heavy (non-hydrogen) atoms. The second-order valence-corrected chi connectivity index (χ2v) is 11.5. The van der Waals surface area contributed by atoms with E-state index in [1.54, 1.807) is 10.6 Å². The molecule has 0 radical (unpaired) electrons. The number of carbonyl (C=O) groups is 1. The topological polar surface area (TPSA) is 77.8 Å². The lowest BCUT2D eigenvalue weighted by Gasteiger charge is -2.53. The molecule has 3 aliphatic rings. The largest absolute Gasteiger partial charge is 0.387 e. The van der Waals surface area contributed by atoms with Crippen LogP contribution in [0.5, 0.6) is 0 Å². The van der Waals surface area contributed by atoms with Crippen LogP contribution >= 0.6 is 0 Å². The lowest BCUT2D eigenvalue weighted by atomic mass is 9.66. The van der Waals surface area contributed by atoms with E-state index in [1.165, 1.54) is 0 Å². The van der Waals surface area contributed by atoms with Crippen LogP contribution in [0, 0.1) is 5.41 Å². The lowest BCUT2D eigenvalue weighted by molar-refractivity contribution is -0.136. The summed E-state index contributed by atoms with van der Waals surface area (Å²) in [6.07, 6.45) is 6.09. The maximum absolute atomic E-state index is 14.0. The summed E-state index contributed by atoms with van der Waals surface area (Å²) in [5, 5.41) is 15.6. The molecule has 2 amide bonds. The minimum absolute atomic E-state index is 0.00510. The maximum Gasteiger partial charge on any atom is 0.320 e. The second-order valence-electron chi connectivity index (χ2n) is 11.5. The Morgan fingerprint density at radius 2 is 1.64 bits per heavy atom. The monoisotopic (exact) mass is 526 g/mol. The van der Waals surface area contributed by atoms with Crippen molar-refractivity contribution in [2.45, 2.75) is 50.3 Å². The molecule has 2 aliphatic heterocycles. The third-order valence-electron chi connectivity index (χ3n) is 9.32. The zero-order chi connectivity index (χ0) is 26.9. The van der Waals surface area contributed by atoms with Crippen LogP contribution in [0.25, 0.3) is 11.1 Å². The molecule has 7 heteroatoms. The van der Waals surface area contributed by atoms with Gasteiger partial charge in [0.05, 0.1) is 18.2 Å². The van der Waals surface area contributed by atoms with Crippen molar-refractivity contribution in [3.63, 3.8) is 0 Å². The molecule has 2 aromatic carbocycles. The van der Waals surface area contributed by atoms with E-state index in [4.69, 9.17) is 0 Å². The summed E-state index contributed by atoms with van der Waals surface area (Å²) < 4.78 is 1.66. The van der Waals surface area contributed by atoms with Crippen molar-refractivity contribution in [2.75, 3.05) is 32.7 Å². The number of piperazine rings is 1. The Morgan fingerprint density at radius 3 is 2.36 bits per heavy atom. The summed E-state index contributed by atoms with van der Waals surface area (Å²) in [4.78, 5) is 31.1. The molecule has 3 fully saturated rings. The van der Waals surface area contributed by atoms with Crippen molar-refractivity contribution in [1.29, 1.82) is 0 Å². The third kappa shape index (κ3) is 4.90. The number of nitrogens with zero attached hydrogens (tertiary/aromatic N) is 3. The molecule has 204 valence electrons. The summed E-state index contributed by atoms with van der Waals surface area (Å²) >= 11 is 0. The first-order valence-electron chi connectivity index (χ1n) is 14.3. The highest BCUT2D eigenvalue weighted by Crippen LogP contribution is 2.51. The summed E-state index contributed by atoms with van der Waals surface area (Å²) in [5.41, 5.74) is 1.46. The quantitative estimate of drug-likeness (QED) is 0.532. The summed E-state index contributed by atoms with van der Waals surface area (Å²) in [6.45, 7) is 3.45. The second kappa shape index (κ2) is 10.6. The van der Waals surface area contributed by atoms with E-state index in [2.05, 4.69) is 17.4 Å². The first kappa shape index (κ1) is 25.8. The number of pyridine rings is 1. The molecule has 3 heterocycles. The Labute approximate surface area is 230 Å². The van der Waals surface area contributed by atoms with Crippen molar-refractivity contribution in [1.82, 2.24) is 19.7 Å². The van der Waals surface area contributed by atoms with Gasteiger partial charge in [0.25, 0.3) is 5.56 Å². The molecule has 7 nitrogen and oxygen atoms in total. The normalized spacial score (nSPS) is 24.7. The fourth-order valence-electron chi connectivity index (χ4n) is 7.08. The minimum Gasteiger partial charge on any atom is -0.387 e. The number of piperidine rings is 1. The van der Waals surface area contributed by atoms with Crippen LogP contribution in [-0.2, 0) is 6.54 Å². The van der Waals surface area contributed by atoms with E-state index in [9.17, 15) is 14.7 Å². The van der Waals surface area contributed by atoms with E-state index >= 15 is 0 Å². The Bertz CT molecular complexity index is 1350. The van der Waals surface area contributed by atoms with E-state index in [1.807, 2.05) is 70.6 Å². The van der Waals surface area contributed by atoms with Crippen molar-refractivity contribution in [3.05, 3.63) is 94.9 Å². The van der Waals surface area contributed by atoms with E-state index in [0.717, 1.165) is 55.5 Å². The van der Waals surface area contributed by atoms with E-state index in [-0.39, 0.29) is 24.2 Å². The van der Waals surface area contributed by atoms with Gasteiger partial charge < -0.3 is 24.8 Å². The number of aliphatic hydroxyl groups is 1. The third-order valence-corrected chi connectivity index (χ3v) is 9.32. The molecule has 2 atom stereocenters. The Balaban J connectivity index is 1.23. The van der Waals surface area contributed by atoms with Crippen molar-refractivity contribution in [3.8, 4) is 11.1 Å². The summed E-state index contributed by atoms with van der Waals surface area (Å²) in [6, 6.07) is 23.8. The average molecular weight is 527 g/mol. The van der Waals surface area contributed by atoms with Crippen LogP contribution < -0.4 is 10.9 Å². The fraction of sp³-hybridized carbons (Fsp3) is 0.438. The highest BCUT2D eigenvalue weighted by molar-refractivity contribution is 5.75. The van der Waals surface area contributed by atoms with Gasteiger partial charge in [-0.1, -0.05) is 73.5 Å². The summed E-state index contributed by atoms with van der Waals surface area (Å²) in [5.74, 6) is 0. The SMILES string of the molecule is O=C(N1CC[C@@](O)(Cn2ccc(-c3ccccc3)cc2=O)C2(CCCC2)C1)N1CCNC[C@H]1c1ccccc1. The molecule has 6 rings (SSSR count). The molecule has 2 saturated heterocycles. The number of hydrogen-bond donors (Lipinski definition) is 2. The Hall–Kier alpha value is -3.42. The van der Waals surface area contributed by atoms with Gasteiger partial charge in [0, 0.05) is 50.4 Å². The predicted octanol–water partition coefficient (Wildman–Crippen LogP) is 4.28. The number of rotatable bonds is 4.